The van der Waals surface area contributed by atoms with Crippen molar-refractivity contribution >= 4 is 11.8 Å². The summed E-state index contributed by atoms with van der Waals surface area (Å²) >= 11 is 0. The second kappa shape index (κ2) is 4.39. The molecule has 0 aliphatic heterocycles. The molecule has 17 heavy (non-hydrogen) atoms. The standard InChI is InChI=1S/C7H6F3N3O4/c8-7(9,10)4(6(14)15)3-12-2-1-5(11-12)13(16)17/h1-2,4H,3H2,(H,14,15). The summed E-state index contributed by atoms with van der Waals surface area (Å²) in [6, 6.07) is 0.884. The highest BCUT2D eigenvalue weighted by Gasteiger charge is 2.46. The summed E-state index contributed by atoms with van der Waals surface area (Å²) in [5.74, 6) is -5.35. The summed E-state index contributed by atoms with van der Waals surface area (Å²) in [6.45, 7) is -1.01. The molecule has 0 fully saturated rings. The molecule has 0 saturated heterocycles. The van der Waals surface area contributed by atoms with E-state index in [1.54, 1.807) is 0 Å². The molecule has 94 valence electrons. The highest BCUT2D eigenvalue weighted by atomic mass is 19.4. The van der Waals surface area contributed by atoms with E-state index in [-0.39, 0.29) is 0 Å². The van der Waals surface area contributed by atoms with Gasteiger partial charge in [-0.05, 0) is 4.92 Å². The van der Waals surface area contributed by atoms with E-state index >= 15 is 0 Å². The minimum absolute atomic E-state index is 0.574. The van der Waals surface area contributed by atoms with Gasteiger partial charge in [-0.3, -0.25) is 4.79 Å². The number of hydrogen-bond acceptors (Lipinski definition) is 4. The van der Waals surface area contributed by atoms with Crippen molar-refractivity contribution < 1.29 is 28.0 Å². The Balaban J connectivity index is 2.87. The molecular weight excluding hydrogens is 247 g/mol. The zero-order valence-electron chi connectivity index (χ0n) is 8.09. The van der Waals surface area contributed by atoms with Gasteiger partial charge in [0.15, 0.2) is 5.92 Å². The van der Waals surface area contributed by atoms with E-state index in [0.29, 0.717) is 4.68 Å². The van der Waals surface area contributed by atoms with Crippen LogP contribution in [0.3, 0.4) is 0 Å². The van der Waals surface area contributed by atoms with Gasteiger partial charge in [0.25, 0.3) is 0 Å². The molecule has 0 aromatic carbocycles. The molecule has 1 atom stereocenters. The summed E-state index contributed by atoms with van der Waals surface area (Å²) in [7, 11) is 0. The Morgan fingerprint density at radius 1 is 1.65 bits per heavy atom. The van der Waals surface area contributed by atoms with Gasteiger partial charge in [-0.15, -0.1) is 0 Å². The zero-order chi connectivity index (χ0) is 13.2. The van der Waals surface area contributed by atoms with Crippen molar-refractivity contribution in [1.29, 1.82) is 0 Å². The van der Waals surface area contributed by atoms with Crippen molar-refractivity contribution in [2.45, 2.75) is 12.7 Å². The van der Waals surface area contributed by atoms with Gasteiger partial charge in [-0.2, -0.15) is 17.9 Å². The van der Waals surface area contributed by atoms with Gasteiger partial charge in [0.2, 0.25) is 0 Å². The number of carbonyl (C=O) groups is 1. The first-order valence-electron chi connectivity index (χ1n) is 4.19. The number of rotatable bonds is 4. The minimum atomic E-state index is -4.94. The van der Waals surface area contributed by atoms with Crippen LogP contribution in [0.25, 0.3) is 0 Å². The zero-order valence-corrected chi connectivity index (χ0v) is 8.09. The molecule has 1 rings (SSSR count). The van der Waals surface area contributed by atoms with Crippen LogP contribution in [0, 0.1) is 16.0 Å². The Hall–Kier alpha value is -2.13. The van der Waals surface area contributed by atoms with E-state index in [4.69, 9.17) is 5.11 Å². The molecule has 10 heteroatoms. The second-order valence-corrected chi connectivity index (χ2v) is 3.09. The predicted molar refractivity (Wildman–Crippen MR) is 46.1 cm³/mol. The van der Waals surface area contributed by atoms with Gasteiger partial charge in [0, 0.05) is 0 Å². The summed E-state index contributed by atoms with van der Waals surface area (Å²) in [5.41, 5.74) is 0. The second-order valence-electron chi connectivity index (χ2n) is 3.09. The van der Waals surface area contributed by atoms with E-state index in [0.717, 1.165) is 12.3 Å². The van der Waals surface area contributed by atoms with Crippen molar-refractivity contribution in [3.8, 4) is 0 Å². The summed E-state index contributed by atoms with van der Waals surface area (Å²) in [4.78, 5) is 19.7. The quantitative estimate of drug-likeness (QED) is 0.638. The average Bonchev–Trinajstić information content (AvgIpc) is 2.59. The number of hydrogen-bond donors (Lipinski definition) is 1. The van der Waals surface area contributed by atoms with Crippen LogP contribution in [-0.2, 0) is 11.3 Å². The Morgan fingerprint density at radius 2 is 2.24 bits per heavy atom. The molecule has 7 nitrogen and oxygen atoms in total. The maximum atomic E-state index is 12.3. The van der Waals surface area contributed by atoms with Gasteiger partial charge in [-0.1, -0.05) is 0 Å². The number of aromatic nitrogens is 2. The fourth-order valence-electron chi connectivity index (χ4n) is 1.06. The van der Waals surface area contributed by atoms with Gasteiger partial charge >= 0.3 is 18.0 Å². The number of carboxylic acid groups (broad SMARTS) is 1. The molecular formula is C7H6F3N3O4. The number of nitrogens with zero attached hydrogens (tertiary/aromatic N) is 3. The SMILES string of the molecule is O=C(O)C(Cn1ccc([N+](=O)[O-])n1)C(F)(F)F. The first kappa shape index (κ1) is 12.9. The summed E-state index contributed by atoms with van der Waals surface area (Å²) in [6.07, 6.45) is -4.02. The highest BCUT2D eigenvalue weighted by Crippen LogP contribution is 2.27. The van der Waals surface area contributed by atoms with Gasteiger partial charge in [0.1, 0.15) is 0 Å². The normalized spacial score (nSPS) is 13.4. The lowest BCUT2D eigenvalue weighted by Crippen LogP contribution is -2.34. The van der Waals surface area contributed by atoms with Crippen molar-refractivity contribution in [2.75, 3.05) is 0 Å². The molecule has 0 bridgehead atoms. The van der Waals surface area contributed by atoms with Crippen LogP contribution in [0.2, 0.25) is 0 Å². The van der Waals surface area contributed by atoms with Crippen molar-refractivity contribution in [3.05, 3.63) is 22.4 Å². The smallest absolute Gasteiger partial charge is 0.404 e. The van der Waals surface area contributed by atoms with E-state index in [1.165, 1.54) is 0 Å². The first-order valence-corrected chi connectivity index (χ1v) is 4.19. The van der Waals surface area contributed by atoms with Crippen molar-refractivity contribution in [2.24, 2.45) is 5.92 Å². The lowest BCUT2D eigenvalue weighted by atomic mass is 10.1. The van der Waals surface area contributed by atoms with Crippen LogP contribution in [0.5, 0.6) is 0 Å². The Kier molecular flexibility index (Phi) is 3.34. The molecule has 1 unspecified atom stereocenters. The van der Waals surface area contributed by atoms with Gasteiger partial charge < -0.3 is 15.2 Å². The fraction of sp³-hybridized carbons (Fsp3) is 0.429. The molecule has 1 N–H and O–H groups in total. The van der Waals surface area contributed by atoms with Crippen LogP contribution in [-0.4, -0.2) is 32.0 Å². The van der Waals surface area contributed by atoms with Crippen LogP contribution >= 0.6 is 0 Å². The Labute approximate surface area is 91.6 Å². The van der Waals surface area contributed by atoms with E-state index in [9.17, 15) is 28.1 Å². The molecule has 0 amide bonds. The third-order valence-electron chi connectivity index (χ3n) is 1.88. The van der Waals surface area contributed by atoms with Crippen molar-refractivity contribution in [1.82, 2.24) is 9.78 Å². The molecule has 1 aromatic rings. The monoisotopic (exact) mass is 253 g/mol. The number of aliphatic carboxylic acids is 1. The lowest BCUT2D eigenvalue weighted by Gasteiger charge is -2.14. The topological polar surface area (TPSA) is 98.3 Å². The molecule has 1 aromatic heterocycles. The Morgan fingerprint density at radius 3 is 2.59 bits per heavy atom. The molecule has 0 aliphatic rings. The molecule has 0 spiro atoms. The van der Waals surface area contributed by atoms with Gasteiger partial charge in [0.05, 0.1) is 23.9 Å². The molecule has 0 saturated carbocycles. The van der Waals surface area contributed by atoms with Crippen LogP contribution in [0.4, 0.5) is 19.0 Å². The third kappa shape index (κ3) is 3.16. The Bertz CT molecular complexity index is 442. The maximum absolute atomic E-state index is 12.3. The minimum Gasteiger partial charge on any atom is -0.481 e. The largest absolute Gasteiger partial charge is 0.481 e. The van der Waals surface area contributed by atoms with E-state index in [1.807, 2.05) is 0 Å². The van der Waals surface area contributed by atoms with E-state index < -0.39 is 35.3 Å². The summed E-state index contributed by atoms with van der Waals surface area (Å²) < 4.78 is 37.4. The van der Waals surface area contributed by atoms with Crippen LogP contribution in [0.15, 0.2) is 12.3 Å². The van der Waals surface area contributed by atoms with Crippen LogP contribution in [0.1, 0.15) is 0 Å². The number of halogens is 3. The third-order valence-corrected chi connectivity index (χ3v) is 1.88. The number of alkyl halides is 3. The number of carboxylic acids is 1. The number of nitro groups is 1. The van der Waals surface area contributed by atoms with Crippen LogP contribution < -0.4 is 0 Å². The fourth-order valence-corrected chi connectivity index (χ4v) is 1.06. The predicted octanol–water partition coefficient (Wildman–Crippen LogP) is 1.05. The van der Waals surface area contributed by atoms with Crippen molar-refractivity contribution in [3.63, 3.8) is 0 Å². The van der Waals surface area contributed by atoms with E-state index in [2.05, 4.69) is 5.10 Å². The molecule has 0 aliphatic carbocycles. The lowest BCUT2D eigenvalue weighted by molar-refractivity contribution is -0.389. The average molecular weight is 253 g/mol. The molecule has 1 heterocycles. The highest BCUT2D eigenvalue weighted by molar-refractivity contribution is 5.70. The first-order chi connectivity index (χ1) is 7.71. The van der Waals surface area contributed by atoms with Gasteiger partial charge in [-0.25, -0.2) is 0 Å². The summed E-state index contributed by atoms with van der Waals surface area (Å²) in [5, 5.41) is 21.8. The maximum Gasteiger partial charge on any atom is 0.404 e. The molecule has 0 radical (unpaired) electrons.